The average Bonchev–Trinajstić information content (AvgIpc) is 3.25. The predicted molar refractivity (Wildman–Crippen MR) is 96.6 cm³/mol. The molecule has 6 nitrogen and oxygen atoms in total. The van der Waals surface area contributed by atoms with E-state index in [1.807, 2.05) is 29.2 Å². The van der Waals surface area contributed by atoms with Crippen LogP contribution in [0, 0.1) is 0 Å². The molecule has 7 heteroatoms. The molecule has 0 spiro atoms. The van der Waals surface area contributed by atoms with Crippen LogP contribution in [0.2, 0.25) is 0 Å². The van der Waals surface area contributed by atoms with E-state index in [-0.39, 0.29) is 17.1 Å². The van der Waals surface area contributed by atoms with Gasteiger partial charge in [-0.2, -0.15) is 0 Å². The Kier molecular flexibility index (Phi) is 4.65. The quantitative estimate of drug-likeness (QED) is 0.839. The summed E-state index contributed by atoms with van der Waals surface area (Å²) in [5.41, 5.74) is 1.66. The number of oxazole rings is 1. The Morgan fingerprint density at radius 3 is 3.00 bits per heavy atom. The smallest absolute Gasteiger partial charge is 0.281 e. The molecule has 1 atom stereocenters. The highest BCUT2D eigenvalue weighted by molar-refractivity contribution is 8.13. The summed E-state index contributed by atoms with van der Waals surface area (Å²) in [7, 11) is 0. The fourth-order valence-electron chi connectivity index (χ4n) is 3.49. The normalized spacial score (nSPS) is 21.3. The van der Waals surface area contributed by atoms with Crippen molar-refractivity contribution in [2.24, 2.45) is 0 Å². The highest BCUT2D eigenvalue weighted by atomic mass is 32.2. The van der Waals surface area contributed by atoms with Crippen molar-refractivity contribution in [3.05, 3.63) is 30.2 Å². The lowest BCUT2D eigenvalue weighted by molar-refractivity contribution is -0.132. The molecule has 25 heavy (non-hydrogen) atoms. The lowest BCUT2D eigenvalue weighted by Crippen LogP contribution is -2.40. The zero-order valence-corrected chi connectivity index (χ0v) is 14.8. The van der Waals surface area contributed by atoms with Gasteiger partial charge in [0.25, 0.3) is 5.24 Å². The highest BCUT2D eigenvalue weighted by Crippen LogP contribution is 2.29. The SMILES string of the molecule is O=C(CCN1CCSC1=O)N1CCCC(c2nc3ccccc3o2)C1. The number of aromatic nitrogens is 1. The van der Waals surface area contributed by atoms with Crippen LogP contribution in [0.1, 0.15) is 31.1 Å². The Balaban J connectivity index is 1.38. The van der Waals surface area contributed by atoms with E-state index in [4.69, 9.17) is 4.42 Å². The number of thioether (sulfide) groups is 1. The average molecular weight is 359 g/mol. The van der Waals surface area contributed by atoms with Gasteiger partial charge in [-0.3, -0.25) is 9.59 Å². The van der Waals surface area contributed by atoms with Crippen LogP contribution in [-0.4, -0.2) is 57.9 Å². The molecule has 1 aromatic heterocycles. The summed E-state index contributed by atoms with van der Waals surface area (Å²) in [6.45, 7) is 2.70. The summed E-state index contributed by atoms with van der Waals surface area (Å²) >= 11 is 1.33. The molecule has 2 aromatic rings. The number of carbonyl (C=O) groups is 2. The molecule has 2 aliphatic heterocycles. The number of rotatable bonds is 4. The monoisotopic (exact) mass is 359 g/mol. The van der Waals surface area contributed by atoms with Gasteiger partial charge in [-0.05, 0) is 25.0 Å². The Labute approximate surface area is 150 Å². The number of amides is 2. The molecule has 0 saturated carbocycles. The molecular formula is C18H21N3O3S. The van der Waals surface area contributed by atoms with Crippen LogP contribution in [-0.2, 0) is 4.79 Å². The maximum atomic E-state index is 12.5. The zero-order valence-electron chi connectivity index (χ0n) is 14.0. The number of hydrogen-bond donors (Lipinski definition) is 0. The molecule has 2 aliphatic rings. The van der Waals surface area contributed by atoms with Crippen LogP contribution in [0.3, 0.4) is 0 Å². The fraction of sp³-hybridized carbons (Fsp3) is 0.500. The third kappa shape index (κ3) is 3.51. The first-order valence-corrected chi connectivity index (χ1v) is 9.74. The topological polar surface area (TPSA) is 66.7 Å². The van der Waals surface area contributed by atoms with Gasteiger partial charge in [0.15, 0.2) is 11.5 Å². The number of hydrogen-bond acceptors (Lipinski definition) is 5. The zero-order chi connectivity index (χ0) is 17.2. The molecule has 1 unspecified atom stereocenters. The summed E-state index contributed by atoms with van der Waals surface area (Å²) in [6, 6.07) is 7.75. The predicted octanol–water partition coefficient (Wildman–Crippen LogP) is 3.09. The van der Waals surface area contributed by atoms with E-state index in [1.165, 1.54) is 11.8 Å². The number of para-hydroxylation sites is 2. The van der Waals surface area contributed by atoms with E-state index in [0.29, 0.717) is 19.5 Å². The summed E-state index contributed by atoms with van der Waals surface area (Å²) in [5, 5.41) is 0.0933. The van der Waals surface area contributed by atoms with Crippen molar-refractivity contribution in [3.63, 3.8) is 0 Å². The molecule has 0 radical (unpaired) electrons. The van der Waals surface area contributed by atoms with E-state index in [2.05, 4.69) is 4.98 Å². The second-order valence-corrected chi connectivity index (χ2v) is 7.60. The Hall–Kier alpha value is -2.02. The van der Waals surface area contributed by atoms with Crippen molar-refractivity contribution < 1.29 is 14.0 Å². The Morgan fingerprint density at radius 1 is 1.32 bits per heavy atom. The molecule has 132 valence electrons. The first kappa shape index (κ1) is 16.4. The molecule has 4 rings (SSSR count). The lowest BCUT2D eigenvalue weighted by atomic mass is 9.97. The van der Waals surface area contributed by atoms with Gasteiger partial charge in [-0.15, -0.1) is 0 Å². The van der Waals surface area contributed by atoms with E-state index in [9.17, 15) is 9.59 Å². The number of piperidine rings is 1. The molecule has 3 heterocycles. The fourth-order valence-corrected chi connectivity index (χ4v) is 4.34. The van der Waals surface area contributed by atoms with Crippen LogP contribution < -0.4 is 0 Å². The van der Waals surface area contributed by atoms with Gasteiger partial charge in [0.2, 0.25) is 5.91 Å². The molecule has 2 saturated heterocycles. The van der Waals surface area contributed by atoms with Crippen molar-refractivity contribution >= 4 is 34.0 Å². The minimum Gasteiger partial charge on any atom is -0.440 e. The Morgan fingerprint density at radius 2 is 2.20 bits per heavy atom. The molecule has 0 N–H and O–H groups in total. The second kappa shape index (κ2) is 7.07. The van der Waals surface area contributed by atoms with Crippen LogP contribution in [0.5, 0.6) is 0 Å². The standard InChI is InChI=1S/C18H21N3O3S/c22-16(7-9-20-10-11-25-18(20)23)21-8-3-4-13(12-21)17-19-14-5-1-2-6-15(14)24-17/h1-2,5-6,13H,3-4,7-12H2. The third-order valence-electron chi connectivity index (χ3n) is 4.87. The van der Waals surface area contributed by atoms with E-state index < -0.39 is 0 Å². The summed E-state index contributed by atoms with van der Waals surface area (Å²) in [4.78, 5) is 32.4. The van der Waals surface area contributed by atoms with Gasteiger partial charge in [-0.25, -0.2) is 4.98 Å². The number of benzene rings is 1. The molecule has 0 bridgehead atoms. The van der Waals surface area contributed by atoms with Gasteiger partial charge < -0.3 is 14.2 Å². The van der Waals surface area contributed by atoms with E-state index >= 15 is 0 Å². The van der Waals surface area contributed by atoms with Crippen LogP contribution in [0.25, 0.3) is 11.1 Å². The molecule has 0 aliphatic carbocycles. The lowest BCUT2D eigenvalue weighted by Gasteiger charge is -2.31. The van der Waals surface area contributed by atoms with Gasteiger partial charge >= 0.3 is 0 Å². The number of fused-ring (bicyclic) bond motifs is 1. The van der Waals surface area contributed by atoms with Gasteiger partial charge in [0.1, 0.15) is 5.52 Å². The largest absolute Gasteiger partial charge is 0.440 e. The van der Waals surface area contributed by atoms with Gasteiger partial charge in [0.05, 0.1) is 5.92 Å². The van der Waals surface area contributed by atoms with E-state index in [1.54, 1.807) is 4.90 Å². The minimum atomic E-state index is 0.0933. The van der Waals surface area contributed by atoms with Gasteiger partial charge in [-0.1, -0.05) is 23.9 Å². The van der Waals surface area contributed by atoms with Crippen molar-refractivity contribution in [2.45, 2.75) is 25.2 Å². The first-order chi connectivity index (χ1) is 12.2. The molecule has 2 fully saturated rings. The van der Waals surface area contributed by atoms with Crippen molar-refractivity contribution in [1.29, 1.82) is 0 Å². The summed E-state index contributed by atoms with van der Waals surface area (Å²) < 4.78 is 5.89. The minimum absolute atomic E-state index is 0.0933. The maximum absolute atomic E-state index is 12.5. The molecule has 1 aromatic carbocycles. The van der Waals surface area contributed by atoms with Crippen LogP contribution in [0.4, 0.5) is 4.79 Å². The van der Waals surface area contributed by atoms with Gasteiger partial charge in [0, 0.05) is 38.4 Å². The first-order valence-electron chi connectivity index (χ1n) is 8.75. The van der Waals surface area contributed by atoms with E-state index in [0.717, 1.165) is 48.7 Å². The van der Waals surface area contributed by atoms with Crippen molar-refractivity contribution in [3.8, 4) is 0 Å². The molecular weight excluding hydrogens is 338 g/mol. The van der Waals surface area contributed by atoms with Crippen LogP contribution >= 0.6 is 11.8 Å². The Bertz CT molecular complexity index is 758. The third-order valence-corrected chi connectivity index (χ3v) is 5.77. The number of nitrogens with zero attached hydrogens (tertiary/aromatic N) is 3. The van der Waals surface area contributed by atoms with Crippen molar-refractivity contribution in [2.75, 3.05) is 31.9 Å². The number of likely N-dealkylation sites (tertiary alicyclic amines) is 1. The van der Waals surface area contributed by atoms with Crippen molar-refractivity contribution in [1.82, 2.24) is 14.8 Å². The highest BCUT2D eigenvalue weighted by Gasteiger charge is 2.29. The number of carbonyl (C=O) groups excluding carboxylic acids is 2. The second-order valence-electron chi connectivity index (χ2n) is 6.55. The molecule has 2 amide bonds. The van der Waals surface area contributed by atoms with Crippen LogP contribution in [0.15, 0.2) is 28.7 Å². The summed E-state index contributed by atoms with van der Waals surface area (Å²) in [6.07, 6.45) is 2.33. The summed E-state index contributed by atoms with van der Waals surface area (Å²) in [5.74, 6) is 1.82. The maximum Gasteiger partial charge on any atom is 0.281 e.